The zero-order valence-electron chi connectivity index (χ0n) is 34.1. The molecule has 17 nitrogen and oxygen atoms in total. The summed E-state index contributed by atoms with van der Waals surface area (Å²) in [5.41, 5.74) is 0. The van der Waals surface area contributed by atoms with E-state index in [1.165, 1.54) is 51.4 Å². The molecule has 0 amide bonds. The number of phosphoric acid groups is 2. The molecule has 0 aromatic carbocycles. The molecule has 0 aliphatic heterocycles. The minimum atomic E-state index is -5.32. The van der Waals surface area contributed by atoms with E-state index in [0.29, 0.717) is 12.8 Å². The van der Waals surface area contributed by atoms with Gasteiger partial charge in [0.05, 0.1) is 13.2 Å². The van der Waals surface area contributed by atoms with Crippen LogP contribution in [0.25, 0.3) is 0 Å². The van der Waals surface area contributed by atoms with Gasteiger partial charge in [-0.25, -0.2) is 9.13 Å². The van der Waals surface area contributed by atoms with Crippen molar-refractivity contribution in [2.24, 2.45) is 0 Å². The van der Waals surface area contributed by atoms with E-state index in [1.807, 2.05) is 6.92 Å². The summed E-state index contributed by atoms with van der Waals surface area (Å²) in [6, 6.07) is 0. The lowest BCUT2D eigenvalue weighted by Gasteiger charge is -2.43. The molecule has 356 valence electrons. The van der Waals surface area contributed by atoms with Crippen molar-refractivity contribution in [2.45, 2.75) is 159 Å². The van der Waals surface area contributed by atoms with Crippen LogP contribution < -0.4 is 0 Å². The average Bonchev–Trinajstić information content (AvgIpc) is 3.19. The Bertz CT molecular complexity index is 1670. The molecule has 0 spiro atoms. The van der Waals surface area contributed by atoms with E-state index in [9.17, 15) is 44.0 Å². The molecule has 1 aliphatic carbocycles. The number of unbranched alkanes of at least 4 members (excludes halogenated alkanes) is 12. The summed E-state index contributed by atoms with van der Waals surface area (Å²) in [4.78, 5) is 51.4. The lowest BCUT2D eigenvalue weighted by atomic mass is 9.85. The Labute approximate surface area is 371 Å². The standard InChI is InChI=1S/C26H52O16P2.C14H8OS.9H2/c1-2-3-4-5-6-7-8-9-10-11-12-13-14-15-20(28)40-19(16-38-18-27)17-39-44(36,37)42-26-23(31)21(29)22(30)25(24(26)32)41-43(33,34)35;1-3-5-6-7-8-9-10-11-13-16-14(15)12-4-2;;;;;;;;;/h19,21-27,29-32H,2-18H2,1H3,(H,36,37)(H2,33,34,35);1H,4,12H2,2H3;9*1H/t19-,21?,22-,23+,24?,25-,26?;;;;;;;;;;/m1........../s1. The fourth-order valence-electron chi connectivity index (χ4n) is 5.34. The van der Waals surface area contributed by atoms with Crippen molar-refractivity contribution >= 4 is 38.5 Å². The van der Waals surface area contributed by atoms with Gasteiger partial charge in [0, 0.05) is 37.4 Å². The van der Waals surface area contributed by atoms with E-state index in [2.05, 4.69) is 64.1 Å². The van der Waals surface area contributed by atoms with Crippen LogP contribution in [0.3, 0.4) is 0 Å². The van der Waals surface area contributed by atoms with Crippen molar-refractivity contribution < 1.29 is 94.8 Å². The Hall–Kier alpha value is -2.73. The van der Waals surface area contributed by atoms with Crippen LogP contribution in [0.1, 0.15) is 129 Å². The normalized spacial score (nSPS) is 20.9. The molecule has 1 aliphatic rings. The van der Waals surface area contributed by atoms with Crippen molar-refractivity contribution in [1.29, 1.82) is 0 Å². The smallest absolute Gasteiger partial charge is 0.457 e. The molecule has 1 fully saturated rings. The summed E-state index contributed by atoms with van der Waals surface area (Å²) in [7, 11) is -10.5. The number of aliphatic hydroxyl groups excluding tert-OH is 5. The highest BCUT2D eigenvalue weighted by Gasteiger charge is 2.54. The second-order valence-corrected chi connectivity index (χ2v) is 16.8. The molecule has 0 saturated heterocycles. The van der Waals surface area contributed by atoms with Crippen molar-refractivity contribution in [2.75, 3.05) is 20.0 Å². The van der Waals surface area contributed by atoms with Crippen LogP contribution in [-0.4, -0.2) is 114 Å². The summed E-state index contributed by atoms with van der Waals surface area (Å²) in [5.74, 6) is 18.6. The number of aliphatic hydroxyl groups is 5. The monoisotopic (exact) mass is 924 g/mol. The van der Waals surface area contributed by atoms with Gasteiger partial charge in [-0.15, -0.1) is 6.42 Å². The number of thioether (sulfide) groups is 1. The average molecular weight is 925 g/mol. The van der Waals surface area contributed by atoms with Crippen LogP contribution in [0.5, 0.6) is 0 Å². The van der Waals surface area contributed by atoms with E-state index < -0.39 is 84.3 Å². The van der Waals surface area contributed by atoms with Crippen LogP contribution in [0.4, 0.5) is 0 Å². The van der Waals surface area contributed by atoms with Crippen LogP contribution in [-0.2, 0) is 41.8 Å². The molecule has 0 bridgehead atoms. The van der Waals surface area contributed by atoms with E-state index in [1.54, 1.807) is 0 Å². The first-order valence-corrected chi connectivity index (χ1v) is 23.5. The van der Waals surface area contributed by atoms with E-state index in [0.717, 1.165) is 43.9 Å². The van der Waals surface area contributed by atoms with Gasteiger partial charge >= 0.3 is 21.6 Å². The highest BCUT2D eigenvalue weighted by molar-refractivity contribution is 8.17. The van der Waals surface area contributed by atoms with Gasteiger partial charge in [0.1, 0.15) is 49.5 Å². The van der Waals surface area contributed by atoms with Crippen molar-refractivity contribution in [3.8, 4) is 59.0 Å². The number of hydrogen-bond acceptors (Lipinski definition) is 15. The highest BCUT2D eigenvalue weighted by Crippen LogP contribution is 2.49. The summed E-state index contributed by atoms with van der Waals surface area (Å²) in [6.45, 7) is 2.20. The summed E-state index contributed by atoms with van der Waals surface area (Å²) in [6.07, 6.45) is 6.49. The number of phosphoric ester groups is 2. The highest BCUT2D eigenvalue weighted by atomic mass is 32.2. The molecule has 0 heterocycles. The number of hydrogen-bond donors (Lipinski definition) is 8. The summed E-state index contributed by atoms with van der Waals surface area (Å²) < 4.78 is 47.5. The Balaban J connectivity index is -0.000000151. The third-order valence-corrected chi connectivity index (χ3v) is 10.4. The Morgan fingerprint density at radius 1 is 0.667 bits per heavy atom. The molecule has 0 aromatic heterocycles. The van der Waals surface area contributed by atoms with Gasteiger partial charge in [-0.2, -0.15) is 0 Å². The van der Waals surface area contributed by atoms with E-state index in [4.69, 9.17) is 39.8 Å². The largest absolute Gasteiger partial charge is 0.472 e. The van der Waals surface area contributed by atoms with Gasteiger partial charge in [0.25, 0.3) is 0 Å². The minimum absolute atomic E-state index is 0. The van der Waals surface area contributed by atoms with Crippen LogP contribution in [0, 0.1) is 59.0 Å². The molecule has 8 atom stereocenters. The topological polar surface area (TPSA) is 276 Å². The minimum Gasteiger partial charge on any atom is -0.457 e. The number of terminal acetylenes is 1. The van der Waals surface area contributed by atoms with Crippen LogP contribution in [0.15, 0.2) is 0 Å². The lowest BCUT2D eigenvalue weighted by Crippen LogP contribution is -2.64. The molecule has 60 heavy (non-hydrogen) atoms. The third kappa shape index (κ3) is 29.5. The second kappa shape index (κ2) is 34.8. The fraction of sp³-hybridized carbons (Fsp3) is 0.700. The molecule has 1 saturated carbocycles. The molecule has 20 heteroatoms. The number of esters is 1. The predicted molar refractivity (Wildman–Crippen MR) is 241 cm³/mol. The summed E-state index contributed by atoms with van der Waals surface area (Å²) >= 11 is 0.968. The Kier molecular flexibility index (Phi) is 33.2. The zero-order valence-corrected chi connectivity index (χ0v) is 36.7. The van der Waals surface area contributed by atoms with Crippen molar-refractivity contribution in [3.63, 3.8) is 0 Å². The number of carbonyl (C=O) groups is 2. The predicted octanol–water partition coefficient (Wildman–Crippen LogP) is 5.65. The van der Waals surface area contributed by atoms with Crippen LogP contribution in [0.2, 0.25) is 0 Å². The first-order chi connectivity index (χ1) is 28.5. The maximum Gasteiger partial charge on any atom is 0.472 e. The molecular weight excluding hydrogens is 846 g/mol. The van der Waals surface area contributed by atoms with Gasteiger partial charge in [0.2, 0.25) is 5.12 Å². The molecule has 0 radical (unpaired) electrons. The molecule has 8 N–H and O–H groups in total. The maximum atomic E-state index is 12.5. The van der Waals surface area contributed by atoms with Gasteiger partial charge in [-0.1, -0.05) is 90.9 Å². The fourth-order valence-corrected chi connectivity index (χ4v) is 7.40. The molecule has 1 rings (SSSR count). The first kappa shape index (κ1) is 57.3. The van der Waals surface area contributed by atoms with Crippen molar-refractivity contribution in [3.05, 3.63) is 0 Å². The van der Waals surface area contributed by atoms with Gasteiger partial charge in [0.15, 0.2) is 0 Å². The second-order valence-electron chi connectivity index (χ2n) is 13.3. The Morgan fingerprint density at radius 3 is 1.67 bits per heavy atom. The van der Waals surface area contributed by atoms with Gasteiger partial charge < -0.3 is 49.7 Å². The molecule has 4 unspecified atom stereocenters. The number of rotatable bonds is 27. The SMILES string of the molecule is C#CC#CC#CC#CC#CSC(=O)CCC.CCCCCCCCCCCCCCCC(=O)O[C@H](COCO)COP(=O)(O)OC1C(O)[C@H](OP(=O)(O)O)[C@H](O)C(O)[C@@H]1O.[HH].[HH].[HH].[HH].[HH].[HH].[HH].[HH].[HH]. The number of ether oxygens (including phenoxy) is 2. The Morgan fingerprint density at radius 2 is 1.17 bits per heavy atom. The molecular formula is C40H78O17P2S. The van der Waals surface area contributed by atoms with E-state index in [-0.39, 0.29) is 24.4 Å². The molecule has 0 aromatic rings. The van der Waals surface area contributed by atoms with Gasteiger partial charge in [-0.3, -0.25) is 23.2 Å². The number of carbonyl (C=O) groups excluding carboxylic acids is 2. The first-order valence-electron chi connectivity index (χ1n) is 19.7. The zero-order chi connectivity index (χ0) is 45.2. The quantitative estimate of drug-likeness (QED) is 0.0163. The third-order valence-electron chi connectivity index (χ3n) is 8.28. The van der Waals surface area contributed by atoms with E-state index >= 15 is 0 Å². The van der Waals surface area contributed by atoms with Crippen LogP contribution >= 0.6 is 27.4 Å². The van der Waals surface area contributed by atoms with Gasteiger partial charge in [-0.05, 0) is 65.5 Å². The summed E-state index contributed by atoms with van der Waals surface area (Å²) in [5, 5.41) is 51.9. The maximum absolute atomic E-state index is 12.5. The lowest BCUT2D eigenvalue weighted by molar-refractivity contribution is -0.216. The van der Waals surface area contributed by atoms with Crippen molar-refractivity contribution in [1.82, 2.24) is 0 Å².